The minimum atomic E-state index is -0.812. The number of methoxy groups -OCH3 is 1. The molecule has 1 heterocycles. The molecule has 0 N–H and O–H groups in total. The molecular formula is C28H38N2O3S. The van der Waals surface area contributed by atoms with Crippen LogP contribution < -0.4 is 4.74 Å². The number of hydrogen-bond donors (Lipinski definition) is 0. The molecule has 184 valence electrons. The van der Waals surface area contributed by atoms with Crippen LogP contribution in [-0.4, -0.2) is 48.6 Å². The Bertz CT molecular complexity index is 978. The quantitative estimate of drug-likeness (QED) is 0.487. The van der Waals surface area contributed by atoms with Gasteiger partial charge in [0.05, 0.1) is 12.7 Å². The predicted molar refractivity (Wildman–Crippen MR) is 136 cm³/mol. The third kappa shape index (κ3) is 3.89. The van der Waals surface area contributed by atoms with Gasteiger partial charge in [0.25, 0.3) is 5.91 Å². The van der Waals surface area contributed by atoms with Crippen molar-refractivity contribution in [2.45, 2.75) is 82.3 Å². The number of benzene rings is 1. The SMILES string of the molecule is COC1CCC2(CC1)Cc1ccc(OCCC3CC3)cc1C21N=C(SCCC2CC2)N(C)C1=O. The molecule has 34 heavy (non-hydrogen) atoms. The van der Waals surface area contributed by atoms with E-state index in [1.54, 1.807) is 11.8 Å². The van der Waals surface area contributed by atoms with E-state index in [9.17, 15) is 4.79 Å². The Morgan fingerprint density at radius 1 is 1.09 bits per heavy atom. The highest BCUT2D eigenvalue weighted by atomic mass is 32.2. The first-order chi connectivity index (χ1) is 16.5. The fourth-order valence-electron chi connectivity index (χ4n) is 6.55. The zero-order valence-corrected chi connectivity index (χ0v) is 21.5. The fourth-order valence-corrected chi connectivity index (χ4v) is 7.66. The van der Waals surface area contributed by atoms with Crippen LogP contribution in [0, 0.1) is 17.3 Å². The summed E-state index contributed by atoms with van der Waals surface area (Å²) < 4.78 is 11.9. The largest absolute Gasteiger partial charge is 0.494 e. The fraction of sp³-hybridized carbons (Fsp3) is 0.714. The molecule has 0 radical (unpaired) electrons. The van der Waals surface area contributed by atoms with Crippen LogP contribution in [0.3, 0.4) is 0 Å². The van der Waals surface area contributed by atoms with E-state index in [2.05, 4.69) is 18.2 Å². The van der Waals surface area contributed by atoms with Gasteiger partial charge in [-0.1, -0.05) is 43.5 Å². The van der Waals surface area contributed by atoms with Gasteiger partial charge in [-0.15, -0.1) is 0 Å². The number of amides is 1. The van der Waals surface area contributed by atoms with Crippen molar-refractivity contribution in [2.75, 3.05) is 26.5 Å². The van der Waals surface area contributed by atoms with E-state index in [1.807, 2.05) is 19.1 Å². The minimum absolute atomic E-state index is 0.158. The van der Waals surface area contributed by atoms with Gasteiger partial charge in [0.1, 0.15) is 5.75 Å². The lowest BCUT2D eigenvalue weighted by molar-refractivity contribution is -0.137. The van der Waals surface area contributed by atoms with Gasteiger partial charge >= 0.3 is 0 Å². The Balaban J connectivity index is 1.34. The zero-order valence-electron chi connectivity index (χ0n) is 20.7. The number of carbonyl (C=O) groups excluding carboxylic acids is 1. The topological polar surface area (TPSA) is 51.1 Å². The summed E-state index contributed by atoms with van der Waals surface area (Å²) in [4.78, 5) is 21.4. The van der Waals surface area contributed by atoms with Gasteiger partial charge < -0.3 is 9.47 Å². The summed E-state index contributed by atoms with van der Waals surface area (Å²) in [5.74, 6) is 3.84. The van der Waals surface area contributed by atoms with Crippen LogP contribution in [0.2, 0.25) is 0 Å². The Kier molecular flexibility index (Phi) is 5.96. The number of ether oxygens (including phenoxy) is 2. The smallest absolute Gasteiger partial charge is 0.261 e. The van der Waals surface area contributed by atoms with Gasteiger partial charge in [-0.05, 0) is 80.0 Å². The van der Waals surface area contributed by atoms with Crippen molar-refractivity contribution in [2.24, 2.45) is 22.2 Å². The van der Waals surface area contributed by atoms with Gasteiger partial charge in [-0.3, -0.25) is 9.69 Å². The van der Waals surface area contributed by atoms with Crippen molar-refractivity contribution >= 4 is 22.8 Å². The molecule has 1 unspecified atom stereocenters. The average molecular weight is 483 g/mol. The second kappa shape index (κ2) is 8.85. The molecule has 6 heteroatoms. The van der Waals surface area contributed by atoms with E-state index >= 15 is 0 Å². The molecule has 1 amide bonds. The van der Waals surface area contributed by atoms with Crippen LogP contribution in [-0.2, 0) is 21.5 Å². The molecule has 5 nitrogen and oxygen atoms in total. The number of hydrogen-bond acceptors (Lipinski definition) is 5. The van der Waals surface area contributed by atoms with E-state index in [4.69, 9.17) is 14.5 Å². The van der Waals surface area contributed by atoms with Crippen LogP contribution >= 0.6 is 11.8 Å². The maximum Gasteiger partial charge on any atom is 0.261 e. The maximum atomic E-state index is 14.2. The molecule has 3 fully saturated rings. The van der Waals surface area contributed by atoms with E-state index in [0.717, 1.165) is 79.2 Å². The number of thioether (sulfide) groups is 1. The summed E-state index contributed by atoms with van der Waals surface area (Å²) in [5.41, 5.74) is 1.40. The van der Waals surface area contributed by atoms with Gasteiger partial charge in [0.15, 0.2) is 10.7 Å². The molecule has 0 saturated heterocycles. The lowest BCUT2D eigenvalue weighted by atomic mass is 9.61. The summed E-state index contributed by atoms with van der Waals surface area (Å²) >= 11 is 1.78. The highest BCUT2D eigenvalue weighted by Gasteiger charge is 2.66. The zero-order chi connectivity index (χ0) is 23.3. The Morgan fingerprint density at radius 3 is 2.53 bits per heavy atom. The minimum Gasteiger partial charge on any atom is -0.494 e. The normalized spacial score (nSPS) is 32.5. The molecule has 0 bridgehead atoms. The van der Waals surface area contributed by atoms with Crippen molar-refractivity contribution in [1.29, 1.82) is 0 Å². The predicted octanol–water partition coefficient (Wildman–Crippen LogP) is 5.55. The number of nitrogens with zero attached hydrogens (tertiary/aromatic N) is 2. The van der Waals surface area contributed by atoms with Crippen molar-refractivity contribution in [3.63, 3.8) is 0 Å². The average Bonchev–Trinajstić information content (AvgIpc) is 3.78. The van der Waals surface area contributed by atoms with Gasteiger partial charge in [0, 0.05) is 25.3 Å². The van der Waals surface area contributed by atoms with Crippen molar-refractivity contribution in [1.82, 2.24) is 4.90 Å². The number of carbonyl (C=O) groups is 1. The number of amidine groups is 1. The molecule has 2 spiro atoms. The van der Waals surface area contributed by atoms with Gasteiger partial charge in [-0.2, -0.15) is 0 Å². The van der Waals surface area contributed by atoms with Gasteiger partial charge in [0.2, 0.25) is 0 Å². The Labute approximate surface area is 208 Å². The lowest BCUT2D eigenvalue weighted by Crippen LogP contribution is -2.51. The van der Waals surface area contributed by atoms with Crippen molar-refractivity contribution < 1.29 is 14.3 Å². The van der Waals surface area contributed by atoms with Crippen molar-refractivity contribution in [3.8, 4) is 5.75 Å². The number of rotatable bonds is 8. The maximum absolute atomic E-state index is 14.2. The Hall–Kier alpha value is -1.53. The first kappa shape index (κ1) is 22.9. The van der Waals surface area contributed by atoms with Crippen LogP contribution in [0.1, 0.15) is 75.3 Å². The summed E-state index contributed by atoms with van der Waals surface area (Å²) in [6.07, 6.45) is 12.9. The first-order valence-corrected chi connectivity index (χ1v) is 14.3. The van der Waals surface area contributed by atoms with Gasteiger partial charge in [-0.25, -0.2) is 4.99 Å². The van der Waals surface area contributed by atoms with E-state index in [1.165, 1.54) is 37.7 Å². The number of aliphatic imine (C=N–C) groups is 1. The molecule has 1 aromatic rings. The molecule has 3 saturated carbocycles. The summed E-state index contributed by atoms with van der Waals surface area (Å²) in [5, 5.41) is 0.909. The van der Waals surface area contributed by atoms with E-state index in [0.29, 0.717) is 6.10 Å². The molecule has 1 atom stereocenters. The summed E-state index contributed by atoms with van der Waals surface area (Å²) in [7, 11) is 3.75. The first-order valence-electron chi connectivity index (χ1n) is 13.3. The third-order valence-electron chi connectivity index (χ3n) is 9.10. The third-order valence-corrected chi connectivity index (χ3v) is 10.2. The molecule has 5 aliphatic rings. The number of likely N-dealkylation sites (N-methyl/N-ethyl adjacent to an activating group) is 1. The summed E-state index contributed by atoms with van der Waals surface area (Å²) in [6, 6.07) is 6.48. The second-order valence-corrected chi connectivity index (χ2v) is 12.4. The van der Waals surface area contributed by atoms with Crippen LogP contribution in [0.15, 0.2) is 23.2 Å². The standard InChI is InChI=1S/C28H38N2O3S/c1-30-25(31)28(29-26(30)34-16-12-20-5-6-20)24-17-23(33-15-11-19-3-4-19)8-7-21(24)18-27(28)13-9-22(32-2)10-14-27/h7-8,17,19-20,22H,3-6,9-16,18H2,1-2H3. The highest BCUT2D eigenvalue weighted by molar-refractivity contribution is 8.13. The van der Waals surface area contributed by atoms with E-state index < -0.39 is 5.54 Å². The molecule has 0 aromatic heterocycles. The number of fused-ring (bicyclic) bond motifs is 3. The molecule has 4 aliphatic carbocycles. The monoisotopic (exact) mass is 482 g/mol. The van der Waals surface area contributed by atoms with Crippen LogP contribution in [0.5, 0.6) is 5.75 Å². The van der Waals surface area contributed by atoms with E-state index in [-0.39, 0.29) is 11.3 Å². The second-order valence-electron chi connectivity index (χ2n) is 11.3. The van der Waals surface area contributed by atoms with Crippen molar-refractivity contribution in [3.05, 3.63) is 29.3 Å². The molecule has 1 aliphatic heterocycles. The molecule has 1 aromatic carbocycles. The lowest BCUT2D eigenvalue weighted by Gasteiger charge is -2.45. The highest BCUT2D eigenvalue weighted by Crippen LogP contribution is 2.62. The molecular weight excluding hydrogens is 444 g/mol. The molecule has 6 rings (SSSR count). The van der Waals surface area contributed by atoms with Crippen LogP contribution in [0.25, 0.3) is 0 Å². The summed E-state index contributed by atoms with van der Waals surface area (Å²) in [6.45, 7) is 0.760. The van der Waals surface area contributed by atoms with Crippen LogP contribution in [0.4, 0.5) is 0 Å². The Morgan fingerprint density at radius 2 is 1.82 bits per heavy atom.